The molecule has 0 spiro atoms. The van der Waals surface area contributed by atoms with Crippen LogP contribution in [-0.2, 0) is 0 Å². The van der Waals surface area contributed by atoms with E-state index >= 15 is 0 Å². The molecule has 5 heteroatoms. The maximum Gasteiger partial charge on any atom is 0.272 e. The second kappa shape index (κ2) is 5.10. The number of nitrogens with zero attached hydrogens (tertiary/aromatic N) is 1. The van der Waals surface area contributed by atoms with Crippen molar-refractivity contribution in [2.75, 3.05) is 5.32 Å². The van der Waals surface area contributed by atoms with Crippen molar-refractivity contribution in [2.45, 2.75) is 0 Å². The molecule has 3 aromatic rings. The van der Waals surface area contributed by atoms with Crippen molar-refractivity contribution in [1.29, 1.82) is 5.26 Å². The Kier molecular flexibility index (Phi) is 3.13. The first-order valence-corrected chi connectivity index (χ1v) is 6.26. The zero-order chi connectivity index (χ0) is 14.8. The van der Waals surface area contributed by atoms with E-state index in [1.165, 1.54) is 12.1 Å². The van der Waals surface area contributed by atoms with Crippen LogP contribution in [0.3, 0.4) is 0 Å². The van der Waals surface area contributed by atoms with E-state index in [1.807, 2.05) is 30.3 Å². The Hall–Kier alpha value is -3.13. The zero-order valence-corrected chi connectivity index (χ0v) is 10.9. The van der Waals surface area contributed by atoms with E-state index in [-0.39, 0.29) is 17.2 Å². The number of para-hydroxylation sites is 1. The number of rotatable bonds is 2. The van der Waals surface area contributed by atoms with Gasteiger partial charge in [0.05, 0.1) is 11.3 Å². The lowest BCUT2D eigenvalue weighted by atomic mass is 10.2. The first-order chi connectivity index (χ1) is 10.2. The van der Waals surface area contributed by atoms with Crippen molar-refractivity contribution in [3.63, 3.8) is 0 Å². The van der Waals surface area contributed by atoms with Gasteiger partial charge in [0, 0.05) is 10.9 Å². The maximum absolute atomic E-state index is 13.1. The van der Waals surface area contributed by atoms with Crippen molar-refractivity contribution in [3.8, 4) is 6.07 Å². The van der Waals surface area contributed by atoms with E-state index in [0.717, 1.165) is 17.0 Å². The number of nitriles is 1. The Morgan fingerprint density at radius 1 is 1.19 bits per heavy atom. The van der Waals surface area contributed by atoms with E-state index in [0.29, 0.717) is 5.69 Å². The molecule has 2 aromatic carbocycles. The number of nitrogens with one attached hydrogen (secondary N) is 2. The lowest BCUT2D eigenvalue weighted by Crippen LogP contribution is -2.13. The topological polar surface area (TPSA) is 68.7 Å². The molecule has 1 aromatic heterocycles. The average molecular weight is 279 g/mol. The highest BCUT2D eigenvalue weighted by Crippen LogP contribution is 2.19. The number of aromatic nitrogens is 1. The fourth-order valence-corrected chi connectivity index (χ4v) is 2.10. The smallest absolute Gasteiger partial charge is 0.272 e. The summed E-state index contributed by atoms with van der Waals surface area (Å²) in [5.41, 5.74) is 1.59. The summed E-state index contributed by atoms with van der Waals surface area (Å²) < 4.78 is 13.1. The van der Waals surface area contributed by atoms with E-state index in [4.69, 9.17) is 5.26 Å². The van der Waals surface area contributed by atoms with Crippen molar-refractivity contribution in [3.05, 3.63) is 65.6 Å². The normalized spacial score (nSPS) is 10.3. The quantitative estimate of drug-likeness (QED) is 0.754. The fraction of sp³-hybridized carbons (Fsp3) is 0. The van der Waals surface area contributed by atoms with Gasteiger partial charge in [-0.05, 0) is 30.3 Å². The Labute approximate surface area is 119 Å². The lowest BCUT2D eigenvalue weighted by Gasteiger charge is -2.05. The molecule has 21 heavy (non-hydrogen) atoms. The van der Waals surface area contributed by atoms with Gasteiger partial charge in [-0.15, -0.1) is 0 Å². The molecule has 0 aliphatic rings. The van der Waals surface area contributed by atoms with Crippen LogP contribution >= 0.6 is 0 Å². The molecule has 2 N–H and O–H groups in total. The van der Waals surface area contributed by atoms with Gasteiger partial charge in [0.15, 0.2) is 0 Å². The minimum absolute atomic E-state index is 0.0828. The van der Waals surface area contributed by atoms with Crippen LogP contribution in [0.25, 0.3) is 10.9 Å². The van der Waals surface area contributed by atoms with Crippen LogP contribution in [-0.4, -0.2) is 10.9 Å². The van der Waals surface area contributed by atoms with Crippen LogP contribution in [0.5, 0.6) is 0 Å². The molecule has 4 nitrogen and oxygen atoms in total. The van der Waals surface area contributed by atoms with Crippen LogP contribution in [0, 0.1) is 17.1 Å². The number of halogens is 1. The molecule has 0 unspecified atom stereocenters. The summed E-state index contributed by atoms with van der Waals surface area (Å²) in [6, 6.07) is 14.7. The maximum atomic E-state index is 13.1. The molecule has 0 saturated carbocycles. The predicted octanol–water partition coefficient (Wildman–Crippen LogP) is 3.43. The summed E-state index contributed by atoms with van der Waals surface area (Å²) in [5.74, 6) is -0.899. The highest BCUT2D eigenvalue weighted by Gasteiger charge is 2.12. The van der Waals surface area contributed by atoms with Gasteiger partial charge < -0.3 is 10.3 Å². The number of amides is 1. The number of aromatic amines is 1. The highest BCUT2D eigenvalue weighted by molar-refractivity contribution is 6.06. The van der Waals surface area contributed by atoms with Crippen molar-refractivity contribution in [1.82, 2.24) is 4.98 Å². The number of H-pyrrole nitrogens is 1. The van der Waals surface area contributed by atoms with Crippen molar-refractivity contribution in [2.24, 2.45) is 0 Å². The number of fused-ring (bicyclic) bond motifs is 1. The van der Waals surface area contributed by atoms with Gasteiger partial charge in [-0.3, -0.25) is 4.79 Å². The van der Waals surface area contributed by atoms with Crippen LogP contribution in [0.15, 0.2) is 48.5 Å². The van der Waals surface area contributed by atoms with E-state index in [2.05, 4.69) is 10.3 Å². The Balaban J connectivity index is 1.91. The van der Waals surface area contributed by atoms with E-state index < -0.39 is 5.82 Å². The minimum atomic E-state index is -0.518. The summed E-state index contributed by atoms with van der Waals surface area (Å²) in [4.78, 5) is 15.2. The van der Waals surface area contributed by atoms with Gasteiger partial charge in [-0.1, -0.05) is 18.2 Å². The second-order valence-electron chi connectivity index (χ2n) is 4.53. The summed E-state index contributed by atoms with van der Waals surface area (Å²) in [6.45, 7) is 0. The molecule has 0 aliphatic heterocycles. The predicted molar refractivity (Wildman–Crippen MR) is 77.4 cm³/mol. The zero-order valence-electron chi connectivity index (χ0n) is 10.9. The van der Waals surface area contributed by atoms with Crippen LogP contribution in [0.2, 0.25) is 0 Å². The van der Waals surface area contributed by atoms with Crippen LogP contribution in [0.1, 0.15) is 16.1 Å². The molecule has 0 radical (unpaired) electrons. The summed E-state index contributed by atoms with van der Waals surface area (Å²) in [7, 11) is 0. The molecule has 1 heterocycles. The van der Waals surface area contributed by atoms with Gasteiger partial charge in [-0.2, -0.15) is 5.26 Å². The molecule has 3 rings (SSSR count). The van der Waals surface area contributed by atoms with Crippen LogP contribution in [0.4, 0.5) is 10.1 Å². The number of carbonyl (C=O) groups excluding carboxylic acids is 1. The summed E-state index contributed by atoms with van der Waals surface area (Å²) in [6.07, 6.45) is 0. The fourth-order valence-electron chi connectivity index (χ4n) is 2.10. The van der Waals surface area contributed by atoms with Gasteiger partial charge >= 0.3 is 0 Å². The summed E-state index contributed by atoms with van der Waals surface area (Å²) in [5, 5.41) is 12.5. The molecule has 0 atom stereocenters. The Morgan fingerprint density at radius 3 is 2.76 bits per heavy atom. The molecule has 1 amide bonds. The molecule has 0 aliphatic carbocycles. The van der Waals surface area contributed by atoms with Crippen molar-refractivity contribution >= 4 is 22.5 Å². The third kappa shape index (κ3) is 2.47. The van der Waals surface area contributed by atoms with Gasteiger partial charge in [0.25, 0.3) is 5.91 Å². The minimum Gasteiger partial charge on any atom is -0.351 e. The van der Waals surface area contributed by atoms with Gasteiger partial charge in [-0.25, -0.2) is 4.39 Å². The number of hydrogen-bond acceptors (Lipinski definition) is 2. The first-order valence-electron chi connectivity index (χ1n) is 6.26. The second-order valence-corrected chi connectivity index (χ2v) is 4.53. The van der Waals surface area contributed by atoms with Crippen LogP contribution < -0.4 is 5.32 Å². The lowest BCUT2D eigenvalue weighted by molar-refractivity contribution is 0.102. The highest BCUT2D eigenvalue weighted by atomic mass is 19.1. The number of carbonyl (C=O) groups is 1. The third-order valence-electron chi connectivity index (χ3n) is 3.12. The Bertz CT molecular complexity index is 844. The summed E-state index contributed by atoms with van der Waals surface area (Å²) >= 11 is 0. The number of hydrogen-bond donors (Lipinski definition) is 2. The number of anilines is 1. The monoisotopic (exact) mass is 279 g/mol. The third-order valence-corrected chi connectivity index (χ3v) is 3.12. The molecular weight excluding hydrogens is 269 g/mol. The van der Waals surface area contributed by atoms with Crippen molar-refractivity contribution < 1.29 is 9.18 Å². The molecule has 102 valence electrons. The standard InChI is InChI=1S/C16H10FN3O/c17-12-5-6-14(11(7-12)9-18)20-16(21)15-8-10-3-1-2-4-13(10)19-15/h1-8,19H,(H,20,21). The number of benzene rings is 2. The first kappa shape index (κ1) is 12.9. The molecule has 0 saturated heterocycles. The largest absolute Gasteiger partial charge is 0.351 e. The van der Waals surface area contributed by atoms with Gasteiger partial charge in [0.2, 0.25) is 0 Å². The molecule has 0 bridgehead atoms. The van der Waals surface area contributed by atoms with E-state index in [9.17, 15) is 9.18 Å². The van der Waals surface area contributed by atoms with E-state index in [1.54, 1.807) is 6.07 Å². The molecule has 0 fully saturated rings. The average Bonchev–Trinajstić information content (AvgIpc) is 2.93. The van der Waals surface area contributed by atoms with Gasteiger partial charge in [0.1, 0.15) is 17.6 Å². The Morgan fingerprint density at radius 2 is 2.00 bits per heavy atom. The SMILES string of the molecule is N#Cc1cc(F)ccc1NC(=O)c1cc2ccccc2[nH]1. The molecular formula is C16H10FN3O.